The van der Waals surface area contributed by atoms with Gasteiger partial charge in [-0.15, -0.1) is 22.7 Å². The van der Waals surface area contributed by atoms with Crippen molar-refractivity contribution < 1.29 is 38.5 Å². The number of carbonyl (C=O) groups excluding carboxylic acids is 5. The summed E-state index contributed by atoms with van der Waals surface area (Å²) >= 11 is 2.12. The van der Waals surface area contributed by atoms with Crippen molar-refractivity contribution in [2.24, 2.45) is 0 Å². The minimum Gasteiger partial charge on any atom is -0.456 e. The van der Waals surface area contributed by atoms with Crippen LogP contribution in [0, 0.1) is 0 Å². The molecule has 1 N–H and O–H groups in total. The third-order valence-electron chi connectivity index (χ3n) is 6.30. The quantitative estimate of drug-likeness (QED) is 0.167. The average molecular weight is 559 g/mol. The van der Waals surface area contributed by atoms with Gasteiger partial charge in [-0.25, -0.2) is 9.97 Å². The molecule has 0 saturated carbocycles. The highest BCUT2D eigenvalue weighted by molar-refractivity contribution is 7.23. The molecule has 0 aliphatic carbocycles. The van der Waals surface area contributed by atoms with E-state index in [4.69, 9.17) is 9.47 Å². The van der Waals surface area contributed by atoms with Gasteiger partial charge in [0.05, 0.1) is 22.0 Å². The van der Waals surface area contributed by atoms with Gasteiger partial charge in [0.15, 0.2) is 23.2 Å². The number of hydrogen-bond donors (Lipinski definition) is 1. The summed E-state index contributed by atoms with van der Waals surface area (Å²) in [7, 11) is 0.523. The molecule has 38 heavy (non-hydrogen) atoms. The summed E-state index contributed by atoms with van der Waals surface area (Å²) in [6.45, 7) is 1.85. The van der Waals surface area contributed by atoms with Crippen molar-refractivity contribution in [3.05, 3.63) is 22.1 Å². The standard InChI is InChI=1S/C22H25B2N4O8S2/c1-24(34)28-7-3-5-14(28)22(33)36-11-16(31)18-9-26-20(38-18)19-25-8-17(37-19)15(30)10-35-21(32)13-4-2-6-27(13)23-12-29/h8-9,12-14,34H,2-7,10-11H2,1H3/t13-,14-/m0/s1. The average Bonchev–Trinajstić information content (AvgIpc) is 3.71. The molecule has 0 spiro atoms. The molecule has 1 radical (unpaired) electrons. The molecule has 2 aromatic heterocycles. The van der Waals surface area contributed by atoms with Crippen molar-refractivity contribution in [1.82, 2.24) is 19.6 Å². The number of esters is 2. The summed E-state index contributed by atoms with van der Waals surface area (Å²) in [5.74, 6) is -1.96. The number of ketones is 2. The second kappa shape index (κ2) is 12.8. The summed E-state index contributed by atoms with van der Waals surface area (Å²) in [5, 5.41) is 10.6. The van der Waals surface area contributed by atoms with E-state index in [-0.39, 0.29) is 9.75 Å². The Bertz CT molecular complexity index is 1210. The highest BCUT2D eigenvalue weighted by Crippen LogP contribution is 2.30. The smallest absolute Gasteiger partial charge is 0.377 e. The maximum atomic E-state index is 12.5. The van der Waals surface area contributed by atoms with Crippen molar-refractivity contribution in [2.75, 3.05) is 26.3 Å². The van der Waals surface area contributed by atoms with E-state index < -0.39 is 55.9 Å². The van der Waals surface area contributed by atoms with E-state index in [0.717, 1.165) is 35.5 Å². The number of carbonyl (C=O) groups is 5. The molecule has 4 heterocycles. The van der Waals surface area contributed by atoms with Gasteiger partial charge in [0.2, 0.25) is 11.6 Å². The number of rotatable bonds is 12. The maximum Gasteiger partial charge on any atom is 0.377 e. The van der Waals surface area contributed by atoms with E-state index in [1.807, 2.05) is 0 Å². The van der Waals surface area contributed by atoms with Crippen LogP contribution in [-0.4, -0.2) is 107 Å². The molecule has 2 atom stereocenters. The maximum absolute atomic E-state index is 12.5. The predicted octanol–water partition coefficient (Wildman–Crippen LogP) is 0.567. The third-order valence-corrected chi connectivity index (χ3v) is 8.52. The van der Waals surface area contributed by atoms with E-state index in [1.54, 1.807) is 16.4 Å². The van der Waals surface area contributed by atoms with Gasteiger partial charge in [-0.05, 0) is 45.6 Å². The topological polar surface area (TPSA) is 156 Å². The van der Waals surface area contributed by atoms with Crippen LogP contribution in [0.15, 0.2) is 12.4 Å². The van der Waals surface area contributed by atoms with Gasteiger partial charge in [0.1, 0.15) is 6.04 Å². The molecule has 16 heteroatoms. The van der Waals surface area contributed by atoms with Gasteiger partial charge in [0.25, 0.3) is 7.41 Å². The zero-order chi connectivity index (χ0) is 27.2. The Morgan fingerprint density at radius 3 is 2.08 bits per heavy atom. The van der Waals surface area contributed by atoms with Crippen LogP contribution in [0.4, 0.5) is 0 Å². The lowest BCUT2D eigenvalue weighted by atomic mass is 9.84. The highest BCUT2D eigenvalue weighted by atomic mass is 32.1. The van der Waals surface area contributed by atoms with Crippen molar-refractivity contribution in [3.63, 3.8) is 0 Å². The predicted molar refractivity (Wildman–Crippen MR) is 140 cm³/mol. The lowest BCUT2D eigenvalue weighted by molar-refractivity contribution is -0.147. The molecular weight excluding hydrogens is 534 g/mol. The fourth-order valence-electron chi connectivity index (χ4n) is 4.40. The fourth-order valence-corrected chi connectivity index (χ4v) is 6.11. The van der Waals surface area contributed by atoms with Crippen LogP contribution in [0.25, 0.3) is 10.0 Å². The van der Waals surface area contributed by atoms with Crippen LogP contribution in [-0.2, 0) is 23.9 Å². The molecule has 0 unspecified atom stereocenters. The first-order valence-electron chi connectivity index (χ1n) is 12.1. The van der Waals surface area contributed by atoms with Crippen LogP contribution >= 0.6 is 22.7 Å². The summed E-state index contributed by atoms with van der Waals surface area (Å²) in [6.07, 6.45) is 5.96. The Labute approximate surface area is 227 Å². The monoisotopic (exact) mass is 559 g/mol. The lowest BCUT2D eigenvalue weighted by Crippen LogP contribution is -2.45. The van der Waals surface area contributed by atoms with Crippen molar-refractivity contribution in [2.45, 2.75) is 44.6 Å². The minimum absolute atomic E-state index is 0.270. The first-order valence-corrected chi connectivity index (χ1v) is 13.7. The number of Topliss-reactive ketones (excluding diaryl/α,β-unsaturated/α-hetero) is 2. The Morgan fingerprint density at radius 2 is 1.53 bits per heavy atom. The lowest BCUT2D eigenvalue weighted by Gasteiger charge is -2.23. The van der Waals surface area contributed by atoms with Gasteiger partial charge in [-0.2, -0.15) is 0 Å². The van der Waals surface area contributed by atoms with Crippen molar-refractivity contribution in [1.29, 1.82) is 0 Å². The minimum atomic E-state index is -0.776. The van der Waals surface area contributed by atoms with E-state index >= 15 is 0 Å². The fraction of sp³-hybridized carbons (Fsp3) is 0.500. The Kier molecular flexibility index (Phi) is 9.54. The molecule has 2 aliphatic rings. The van der Waals surface area contributed by atoms with Gasteiger partial charge >= 0.3 is 19.0 Å². The first kappa shape index (κ1) is 28.2. The SMILES string of the molecule is CB(O)N1CCC[C@H]1C(=O)OCC(=O)c1cnc(-c2ncc(C(=O)COC(=O)[C@@H]3CCCN3[B]C=O)s2)s1. The number of thiazole rings is 2. The molecule has 2 saturated heterocycles. The molecule has 12 nitrogen and oxygen atoms in total. The van der Waals surface area contributed by atoms with Crippen LogP contribution in [0.3, 0.4) is 0 Å². The van der Waals surface area contributed by atoms with E-state index in [1.165, 1.54) is 19.8 Å². The Hall–Kier alpha value is -2.78. The summed E-state index contributed by atoms with van der Waals surface area (Å²) in [5.41, 5.74) is 0. The normalized spacial score (nSPS) is 19.7. The first-order chi connectivity index (χ1) is 18.3. The van der Waals surface area contributed by atoms with E-state index in [9.17, 15) is 29.0 Å². The van der Waals surface area contributed by atoms with Crippen LogP contribution in [0.5, 0.6) is 0 Å². The van der Waals surface area contributed by atoms with Crippen molar-refractivity contribution in [3.8, 4) is 10.0 Å². The van der Waals surface area contributed by atoms with Crippen LogP contribution in [0.1, 0.15) is 45.0 Å². The number of nitrogens with zero attached hydrogens (tertiary/aromatic N) is 4. The molecule has 0 aromatic carbocycles. The van der Waals surface area contributed by atoms with Gasteiger partial charge in [-0.3, -0.25) is 19.2 Å². The molecule has 2 aliphatic heterocycles. The molecule has 2 fully saturated rings. The molecule has 4 rings (SSSR count). The number of ether oxygens (including phenoxy) is 2. The summed E-state index contributed by atoms with van der Waals surface area (Å²) in [4.78, 5) is 72.7. The molecule has 0 bridgehead atoms. The Morgan fingerprint density at radius 1 is 1.00 bits per heavy atom. The van der Waals surface area contributed by atoms with Crippen LogP contribution in [0.2, 0.25) is 6.82 Å². The van der Waals surface area contributed by atoms with Gasteiger partial charge in [-0.1, -0.05) is 0 Å². The van der Waals surface area contributed by atoms with Crippen molar-refractivity contribution >= 4 is 66.8 Å². The van der Waals surface area contributed by atoms with E-state index in [0.29, 0.717) is 42.1 Å². The van der Waals surface area contributed by atoms with Crippen LogP contribution < -0.4 is 0 Å². The molecule has 0 amide bonds. The van der Waals surface area contributed by atoms with E-state index in [2.05, 4.69) is 9.97 Å². The zero-order valence-electron chi connectivity index (χ0n) is 20.6. The molecule has 199 valence electrons. The molecular formula is C22H25B2N4O8S2. The summed E-state index contributed by atoms with van der Waals surface area (Å²) in [6, 6.07) is -1.15. The van der Waals surface area contributed by atoms with Gasteiger partial charge < -0.3 is 28.9 Å². The third kappa shape index (κ3) is 6.61. The number of aromatic nitrogens is 2. The number of hydrogen-bond acceptors (Lipinski definition) is 14. The summed E-state index contributed by atoms with van der Waals surface area (Å²) < 4.78 is 10.4. The largest absolute Gasteiger partial charge is 0.456 e. The Balaban J connectivity index is 1.28. The van der Waals surface area contributed by atoms with Gasteiger partial charge in [0, 0.05) is 12.4 Å². The second-order valence-corrected chi connectivity index (χ2v) is 10.9. The molecule has 2 aromatic rings. The highest BCUT2D eigenvalue weighted by Gasteiger charge is 2.36. The second-order valence-electron chi connectivity index (χ2n) is 8.83. The zero-order valence-corrected chi connectivity index (χ0v) is 22.2.